The molecule has 0 bridgehead atoms. The van der Waals surface area contributed by atoms with Crippen LogP contribution in [0.3, 0.4) is 0 Å². The van der Waals surface area contributed by atoms with E-state index in [4.69, 9.17) is 0 Å². The first-order valence-electron chi connectivity index (χ1n) is 4.74. The van der Waals surface area contributed by atoms with Crippen LogP contribution in [0.5, 0.6) is 0 Å². The number of sulfonamides is 1. The highest BCUT2D eigenvalue weighted by Gasteiger charge is 2.29. The van der Waals surface area contributed by atoms with E-state index in [1.165, 1.54) is 16.6 Å². The molecule has 0 radical (unpaired) electrons. The molecule has 1 fully saturated rings. The Morgan fingerprint density at radius 2 is 2.40 bits per heavy atom. The maximum atomic E-state index is 12.0. The molecule has 0 aliphatic carbocycles. The number of hydrogen-bond donors (Lipinski definition) is 1. The van der Waals surface area contributed by atoms with Crippen molar-refractivity contribution in [1.82, 2.24) is 14.5 Å². The van der Waals surface area contributed by atoms with Gasteiger partial charge in [-0.25, -0.2) is 8.42 Å². The van der Waals surface area contributed by atoms with Crippen molar-refractivity contribution in [2.45, 2.75) is 22.7 Å². The van der Waals surface area contributed by atoms with Crippen LogP contribution in [0, 0.1) is 0 Å². The molecule has 1 atom stereocenters. The summed E-state index contributed by atoms with van der Waals surface area (Å²) in [4.78, 5) is 0.254. The van der Waals surface area contributed by atoms with Gasteiger partial charge in [0.15, 0.2) is 5.03 Å². The molecule has 1 N–H and O–H groups in total. The van der Waals surface area contributed by atoms with Crippen molar-refractivity contribution in [3.05, 3.63) is 12.3 Å². The minimum absolute atomic E-state index is 0.170. The monoisotopic (exact) mass is 293 g/mol. The van der Waals surface area contributed by atoms with Crippen LogP contribution >= 0.6 is 15.9 Å². The SMILES string of the molecule is O=S(=O)(c1ccn[nH]1)N1CCCC(Br)C1. The molecule has 0 aromatic carbocycles. The lowest BCUT2D eigenvalue weighted by Crippen LogP contribution is -2.40. The van der Waals surface area contributed by atoms with Crippen molar-refractivity contribution in [2.24, 2.45) is 0 Å². The van der Waals surface area contributed by atoms with E-state index in [2.05, 4.69) is 26.1 Å². The molecule has 0 saturated carbocycles. The summed E-state index contributed by atoms with van der Waals surface area (Å²) >= 11 is 3.45. The van der Waals surface area contributed by atoms with E-state index in [9.17, 15) is 8.42 Å². The molecular formula is C8H12BrN3O2S. The molecule has 2 rings (SSSR count). The fourth-order valence-electron chi connectivity index (χ4n) is 1.64. The van der Waals surface area contributed by atoms with Gasteiger partial charge in [-0.15, -0.1) is 0 Å². The van der Waals surface area contributed by atoms with Gasteiger partial charge in [0.1, 0.15) is 0 Å². The van der Waals surface area contributed by atoms with E-state index in [-0.39, 0.29) is 9.85 Å². The van der Waals surface area contributed by atoms with Crippen LogP contribution in [-0.2, 0) is 10.0 Å². The van der Waals surface area contributed by atoms with Crippen molar-refractivity contribution in [2.75, 3.05) is 13.1 Å². The second-order valence-corrected chi connectivity index (χ2v) is 6.72. The van der Waals surface area contributed by atoms with E-state index >= 15 is 0 Å². The molecule has 15 heavy (non-hydrogen) atoms. The number of halogens is 1. The first kappa shape index (κ1) is 11.1. The summed E-state index contributed by atoms with van der Waals surface area (Å²) in [5.74, 6) is 0. The Bertz CT molecular complexity index is 417. The Balaban J connectivity index is 2.22. The molecule has 7 heteroatoms. The number of alkyl halides is 1. The highest BCUT2D eigenvalue weighted by Crippen LogP contribution is 2.22. The van der Waals surface area contributed by atoms with Crippen molar-refractivity contribution in [1.29, 1.82) is 0 Å². The molecule has 1 aromatic heterocycles. The van der Waals surface area contributed by atoms with Crippen LogP contribution in [0.4, 0.5) is 0 Å². The molecule has 5 nitrogen and oxygen atoms in total. The smallest absolute Gasteiger partial charge is 0.260 e. The predicted molar refractivity (Wildman–Crippen MR) is 59.3 cm³/mol. The molecule has 1 aliphatic heterocycles. The average Bonchev–Trinajstić information content (AvgIpc) is 2.71. The second-order valence-electron chi connectivity index (χ2n) is 3.52. The average molecular weight is 294 g/mol. The zero-order valence-electron chi connectivity index (χ0n) is 8.06. The van der Waals surface area contributed by atoms with Crippen LogP contribution in [0.15, 0.2) is 17.3 Å². The maximum absolute atomic E-state index is 12.0. The number of nitrogens with one attached hydrogen (secondary N) is 1. The molecule has 0 amide bonds. The van der Waals surface area contributed by atoms with Gasteiger partial charge in [-0.1, -0.05) is 15.9 Å². The highest BCUT2D eigenvalue weighted by atomic mass is 79.9. The lowest BCUT2D eigenvalue weighted by atomic mass is 10.2. The minimum atomic E-state index is -3.37. The fraction of sp³-hybridized carbons (Fsp3) is 0.625. The zero-order chi connectivity index (χ0) is 10.9. The number of piperidine rings is 1. The van der Waals surface area contributed by atoms with Gasteiger partial charge < -0.3 is 0 Å². The summed E-state index contributed by atoms with van der Waals surface area (Å²) in [6, 6.07) is 1.48. The Hall–Kier alpha value is -0.400. The molecule has 1 unspecified atom stereocenters. The van der Waals surface area contributed by atoms with Crippen LogP contribution in [0.25, 0.3) is 0 Å². The number of aromatic nitrogens is 2. The van der Waals surface area contributed by atoms with Gasteiger partial charge in [0.05, 0.1) is 6.20 Å². The zero-order valence-corrected chi connectivity index (χ0v) is 10.5. The molecule has 1 aliphatic rings. The quantitative estimate of drug-likeness (QED) is 0.826. The molecular weight excluding hydrogens is 282 g/mol. The van der Waals surface area contributed by atoms with E-state index in [0.29, 0.717) is 13.1 Å². The summed E-state index contributed by atoms with van der Waals surface area (Å²) in [6.45, 7) is 1.12. The highest BCUT2D eigenvalue weighted by molar-refractivity contribution is 9.09. The first-order valence-corrected chi connectivity index (χ1v) is 7.10. The summed E-state index contributed by atoms with van der Waals surface area (Å²) in [6.07, 6.45) is 3.36. The lowest BCUT2D eigenvalue weighted by molar-refractivity contribution is 0.354. The third kappa shape index (κ3) is 2.24. The van der Waals surface area contributed by atoms with Gasteiger partial charge >= 0.3 is 0 Å². The number of H-pyrrole nitrogens is 1. The number of rotatable bonds is 2. The van der Waals surface area contributed by atoms with Gasteiger partial charge in [0, 0.05) is 17.9 Å². The Morgan fingerprint density at radius 3 is 3.00 bits per heavy atom. The second kappa shape index (κ2) is 4.23. The predicted octanol–water partition coefficient (Wildman–Crippen LogP) is 0.958. The van der Waals surface area contributed by atoms with Crippen LogP contribution in [-0.4, -0.2) is 40.8 Å². The first-order chi connectivity index (χ1) is 7.10. The molecule has 0 spiro atoms. The summed E-state index contributed by atoms with van der Waals surface area (Å²) in [5.41, 5.74) is 0. The Kier molecular flexibility index (Phi) is 3.13. The Labute approximate surface area is 97.0 Å². The molecule has 2 heterocycles. The number of aromatic amines is 1. The van der Waals surface area contributed by atoms with Crippen LogP contribution in [0.2, 0.25) is 0 Å². The topological polar surface area (TPSA) is 66.1 Å². The van der Waals surface area contributed by atoms with Crippen LogP contribution in [0.1, 0.15) is 12.8 Å². The van der Waals surface area contributed by atoms with Crippen molar-refractivity contribution < 1.29 is 8.42 Å². The number of nitrogens with zero attached hydrogens (tertiary/aromatic N) is 2. The largest absolute Gasteiger partial charge is 0.266 e. The van der Waals surface area contributed by atoms with Gasteiger partial charge in [0.2, 0.25) is 0 Å². The van der Waals surface area contributed by atoms with E-state index in [1.807, 2.05) is 0 Å². The van der Waals surface area contributed by atoms with Gasteiger partial charge in [-0.2, -0.15) is 9.40 Å². The van der Waals surface area contributed by atoms with Gasteiger partial charge in [-0.05, 0) is 18.9 Å². The Morgan fingerprint density at radius 1 is 1.60 bits per heavy atom. The maximum Gasteiger partial charge on any atom is 0.260 e. The molecule has 1 aromatic rings. The fourth-order valence-corrected chi connectivity index (χ4v) is 3.93. The van der Waals surface area contributed by atoms with Gasteiger partial charge in [-0.3, -0.25) is 5.10 Å². The summed E-state index contributed by atoms with van der Waals surface area (Å²) in [7, 11) is -3.37. The number of hydrogen-bond acceptors (Lipinski definition) is 3. The van der Waals surface area contributed by atoms with Crippen LogP contribution < -0.4 is 0 Å². The van der Waals surface area contributed by atoms with E-state index in [0.717, 1.165) is 12.8 Å². The van der Waals surface area contributed by atoms with Crippen molar-refractivity contribution >= 4 is 26.0 Å². The van der Waals surface area contributed by atoms with E-state index in [1.54, 1.807) is 0 Å². The molecule has 1 saturated heterocycles. The van der Waals surface area contributed by atoms with Gasteiger partial charge in [0.25, 0.3) is 10.0 Å². The lowest BCUT2D eigenvalue weighted by Gasteiger charge is -2.28. The summed E-state index contributed by atoms with van der Waals surface area (Å²) in [5, 5.41) is 6.32. The normalized spacial score (nSPS) is 24.2. The standard InChI is InChI=1S/C8H12BrN3O2S/c9-7-2-1-5-12(6-7)15(13,14)8-3-4-10-11-8/h3-4,7H,1-2,5-6H2,(H,10,11). The van der Waals surface area contributed by atoms with E-state index < -0.39 is 10.0 Å². The minimum Gasteiger partial charge on any atom is -0.266 e. The van der Waals surface area contributed by atoms with Crippen molar-refractivity contribution in [3.8, 4) is 0 Å². The van der Waals surface area contributed by atoms with Crippen molar-refractivity contribution in [3.63, 3.8) is 0 Å². The molecule has 84 valence electrons. The third-order valence-corrected chi connectivity index (χ3v) is 4.96. The summed E-state index contributed by atoms with van der Waals surface area (Å²) < 4.78 is 25.5. The third-order valence-electron chi connectivity index (χ3n) is 2.42.